The molecule has 6 nitrogen and oxygen atoms in total. The van der Waals surface area contributed by atoms with E-state index in [4.69, 9.17) is 10.5 Å². The van der Waals surface area contributed by atoms with E-state index < -0.39 is 5.60 Å². The fraction of sp³-hybridized carbons (Fsp3) is 0.409. The minimum absolute atomic E-state index is 0.00606. The number of hydrogen-bond donors (Lipinski definition) is 3. The van der Waals surface area contributed by atoms with Gasteiger partial charge in [-0.2, -0.15) is 0 Å². The molecule has 0 saturated heterocycles. The SMILES string of the molecule is CC(C)c1cc(C(=O)N2Cc3cccc(OC(C)(C)CN)c3C2)c(O)cc1O. The Bertz CT molecular complexity index is 906. The van der Waals surface area contributed by atoms with Gasteiger partial charge in [0, 0.05) is 24.7 Å². The maximum absolute atomic E-state index is 13.1. The van der Waals surface area contributed by atoms with Crippen LogP contribution < -0.4 is 10.5 Å². The van der Waals surface area contributed by atoms with E-state index in [9.17, 15) is 15.0 Å². The Morgan fingerprint density at radius 2 is 1.93 bits per heavy atom. The quantitative estimate of drug-likeness (QED) is 0.733. The number of aromatic hydroxyl groups is 2. The van der Waals surface area contributed by atoms with Crippen molar-refractivity contribution in [2.45, 2.75) is 52.3 Å². The predicted molar refractivity (Wildman–Crippen MR) is 108 cm³/mol. The molecule has 3 rings (SSSR count). The van der Waals surface area contributed by atoms with Crippen LogP contribution in [-0.4, -0.2) is 33.2 Å². The van der Waals surface area contributed by atoms with Crippen LogP contribution in [0.15, 0.2) is 30.3 Å². The number of nitrogens with two attached hydrogens (primary N) is 1. The van der Waals surface area contributed by atoms with E-state index in [0.29, 0.717) is 25.2 Å². The number of nitrogens with zero attached hydrogens (tertiary/aromatic N) is 1. The molecule has 1 aliphatic rings. The number of amides is 1. The number of hydrogen-bond acceptors (Lipinski definition) is 5. The summed E-state index contributed by atoms with van der Waals surface area (Å²) in [7, 11) is 0. The number of phenolic OH excluding ortho intramolecular Hbond substituents is 2. The van der Waals surface area contributed by atoms with E-state index in [-0.39, 0.29) is 28.9 Å². The largest absolute Gasteiger partial charge is 0.508 e. The van der Waals surface area contributed by atoms with E-state index in [1.54, 1.807) is 11.0 Å². The first-order valence-electron chi connectivity index (χ1n) is 9.48. The highest BCUT2D eigenvalue weighted by molar-refractivity contribution is 5.97. The summed E-state index contributed by atoms with van der Waals surface area (Å²) in [5.74, 6) is 0.249. The molecule has 4 N–H and O–H groups in total. The third-order valence-corrected chi connectivity index (χ3v) is 5.10. The standard InChI is InChI=1S/C22H28N2O4/c1-13(2)15-8-16(19(26)9-18(15)25)21(27)24-10-14-6-5-7-20(17(14)11-24)28-22(3,4)12-23/h5-9,13,25-26H,10-12,23H2,1-4H3. The first-order chi connectivity index (χ1) is 13.1. The molecule has 0 atom stereocenters. The van der Waals surface area contributed by atoms with Crippen LogP contribution in [0.25, 0.3) is 0 Å². The lowest BCUT2D eigenvalue weighted by atomic mass is 9.98. The molecular weight excluding hydrogens is 356 g/mol. The molecular formula is C22H28N2O4. The van der Waals surface area contributed by atoms with E-state index in [1.807, 2.05) is 45.9 Å². The van der Waals surface area contributed by atoms with Gasteiger partial charge in [0.2, 0.25) is 0 Å². The fourth-order valence-electron chi connectivity index (χ4n) is 3.37. The number of phenols is 2. The summed E-state index contributed by atoms with van der Waals surface area (Å²) in [6, 6.07) is 8.59. The molecule has 0 radical (unpaired) electrons. The number of carbonyl (C=O) groups is 1. The highest BCUT2D eigenvalue weighted by Gasteiger charge is 2.30. The number of benzene rings is 2. The first kappa shape index (κ1) is 20.0. The third kappa shape index (κ3) is 3.78. The van der Waals surface area contributed by atoms with Gasteiger partial charge in [0.05, 0.1) is 12.1 Å². The molecule has 1 amide bonds. The molecule has 1 heterocycles. The smallest absolute Gasteiger partial charge is 0.258 e. The lowest BCUT2D eigenvalue weighted by Crippen LogP contribution is -2.37. The highest BCUT2D eigenvalue weighted by Crippen LogP contribution is 2.36. The van der Waals surface area contributed by atoms with Gasteiger partial charge in [0.25, 0.3) is 5.91 Å². The summed E-state index contributed by atoms with van der Waals surface area (Å²) in [5, 5.41) is 20.3. The molecule has 150 valence electrons. The second-order valence-corrected chi connectivity index (χ2v) is 8.20. The molecule has 0 spiro atoms. The zero-order valence-corrected chi connectivity index (χ0v) is 16.8. The Morgan fingerprint density at radius 1 is 1.21 bits per heavy atom. The van der Waals surface area contributed by atoms with E-state index >= 15 is 0 Å². The Labute approximate surface area is 165 Å². The van der Waals surface area contributed by atoms with Crippen molar-refractivity contribution in [1.82, 2.24) is 4.90 Å². The van der Waals surface area contributed by atoms with Crippen LogP contribution in [0.5, 0.6) is 17.2 Å². The molecule has 0 saturated carbocycles. The highest BCUT2D eigenvalue weighted by atomic mass is 16.5. The zero-order valence-electron chi connectivity index (χ0n) is 16.8. The van der Waals surface area contributed by atoms with Crippen molar-refractivity contribution in [1.29, 1.82) is 0 Å². The van der Waals surface area contributed by atoms with Crippen molar-refractivity contribution in [2.75, 3.05) is 6.54 Å². The molecule has 0 aromatic heterocycles. The van der Waals surface area contributed by atoms with Gasteiger partial charge >= 0.3 is 0 Å². The van der Waals surface area contributed by atoms with Crippen LogP contribution in [0.2, 0.25) is 0 Å². The van der Waals surface area contributed by atoms with Gasteiger partial charge < -0.3 is 25.6 Å². The van der Waals surface area contributed by atoms with Gasteiger partial charge in [0.15, 0.2) is 0 Å². The molecule has 0 aliphatic carbocycles. The minimum Gasteiger partial charge on any atom is -0.508 e. The molecule has 2 aromatic rings. The summed E-state index contributed by atoms with van der Waals surface area (Å²) in [5.41, 5.74) is 8.07. The van der Waals surface area contributed by atoms with E-state index in [1.165, 1.54) is 6.07 Å². The third-order valence-electron chi connectivity index (χ3n) is 5.10. The minimum atomic E-state index is -0.506. The number of fused-ring (bicyclic) bond motifs is 1. The summed E-state index contributed by atoms with van der Waals surface area (Å²) in [6.45, 7) is 8.90. The number of rotatable bonds is 5. The normalized spacial score (nSPS) is 13.7. The Morgan fingerprint density at radius 3 is 2.57 bits per heavy atom. The second kappa shape index (κ2) is 7.36. The average Bonchev–Trinajstić information content (AvgIpc) is 3.06. The maximum Gasteiger partial charge on any atom is 0.258 e. The summed E-state index contributed by atoms with van der Waals surface area (Å²) in [6.07, 6.45) is 0. The Hall–Kier alpha value is -2.73. The van der Waals surface area contributed by atoms with Crippen molar-refractivity contribution in [3.05, 3.63) is 52.6 Å². The predicted octanol–water partition coefficient (Wildman–Crippen LogP) is 3.49. The Kier molecular flexibility index (Phi) is 5.26. The van der Waals surface area contributed by atoms with Crippen LogP contribution in [0.4, 0.5) is 0 Å². The fourth-order valence-corrected chi connectivity index (χ4v) is 3.37. The number of carbonyl (C=O) groups excluding carboxylic acids is 1. The zero-order chi connectivity index (χ0) is 20.6. The van der Waals surface area contributed by atoms with Crippen LogP contribution in [0.3, 0.4) is 0 Å². The monoisotopic (exact) mass is 384 g/mol. The average molecular weight is 384 g/mol. The molecule has 1 aliphatic heterocycles. The van der Waals surface area contributed by atoms with Crippen molar-refractivity contribution >= 4 is 5.91 Å². The van der Waals surface area contributed by atoms with Crippen LogP contribution in [0.1, 0.15) is 60.7 Å². The molecule has 2 aromatic carbocycles. The van der Waals surface area contributed by atoms with E-state index in [2.05, 4.69) is 0 Å². The second-order valence-electron chi connectivity index (χ2n) is 8.20. The lowest BCUT2D eigenvalue weighted by Gasteiger charge is -2.26. The summed E-state index contributed by atoms with van der Waals surface area (Å²) in [4.78, 5) is 14.8. The Balaban J connectivity index is 1.89. The van der Waals surface area contributed by atoms with Gasteiger partial charge in [-0.05, 0) is 43.0 Å². The van der Waals surface area contributed by atoms with Crippen LogP contribution in [-0.2, 0) is 13.1 Å². The topological polar surface area (TPSA) is 96.0 Å². The molecule has 28 heavy (non-hydrogen) atoms. The lowest BCUT2D eigenvalue weighted by molar-refractivity contribution is 0.0745. The van der Waals surface area contributed by atoms with Crippen molar-refractivity contribution in [3.8, 4) is 17.2 Å². The van der Waals surface area contributed by atoms with Gasteiger partial charge in [-0.3, -0.25) is 4.79 Å². The molecule has 0 unspecified atom stereocenters. The van der Waals surface area contributed by atoms with Gasteiger partial charge in [-0.15, -0.1) is 0 Å². The van der Waals surface area contributed by atoms with E-state index in [0.717, 1.165) is 16.9 Å². The van der Waals surface area contributed by atoms with Crippen molar-refractivity contribution in [3.63, 3.8) is 0 Å². The summed E-state index contributed by atoms with van der Waals surface area (Å²) < 4.78 is 6.07. The van der Waals surface area contributed by atoms with Crippen LogP contribution >= 0.6 is 0 Å². The van der Waals surface area contributed by atoms with Crippen molar-refractivity contribution < 1.29 is 19.7 Å². The summed E-state index contributed by atoms with van der Waals surface area (Å²) >= 11 is 0. The first-order valence-corrected chi connectivity index (χ1v) is 9.48. The van der Waals surface area contributed by atoms with Crippen LogP contribution in [0, 0.1) is 0 Å². The van der Waals surface area contributed by atoms with Gasteiger partial charge in [-0.25, -0.2) is 0 Å². The molecule has 0 bridgehead atoms. The number of ether oxygens (including phenoxy) is 1. The molecule has 0 fully saturated rings. The van der Waals surface area contributed by atoms with Crippen molar-refractivity contribution in [2.24, 2.45) is 5.73 Å². The molecule has 6 heteroatoms. The maximum atomic E-state index is 13.1. The van der Waals surface area contributed by atoms with Gasteiger partial charge in [0.1, 0.15) is 22.8 Å². The van der Waals surface area contributed by atoms with Gasteiger partial charge in [-0.1, -0.05) is 26.0 Å².